The summed E-state index contributed by atoms with van der Waals surface area (Å²) in [6, 6.07) is 7.09. The van der Waals surface area contributed by atoms with Crippen LogP contribution in [0.3, 0.4) is 0 Å². The highest BCUT2D eigenvalue weighted by Gasteiger charge is 2.45. The zero-order chi connectivity index (χ0) is 18.4. The van der Waals surface area contributed by atoms with Crippen LogP contribution in [-0.4, -0.2) is 30.6 Å². The van der Waals surface area contributed by atoms with Crippen molar-refractivity contribution in [2.24, 2.45) is 4.99 Å². The number of benzene rings is 1. The van der Waals surface area contributed by atoms with Crippen LogP contribution >= 0.6 is 35.3 Å². The number of nitrogens with zero attached hydrogens (tertiary/aromatic N) is 2. The Hall–Kier alpha value is -1.22. The van der Waals surface area contributed by atoms with Gasteiger partial charge in [-0.15, -0.1) is 35.3 Å². The van der Waals surface area contributed by atoms with Crippen LogP contribution in [0.5, 0.6) is 0 Å². The quantitative estimate of drug-likeness (QED) is 0.322. The summed E-state index contributed by atoms with van der Waals surface area (Å²) in [7, 11) is 0. The van der Waals surface area contributed by atoms with E-state index in [9.17, 15) is 4.39 Å². The molecule has 0 aliphatic heterocycles. The highest BCUT2D eigenvalue weighted by atomic mass is 127. The molecule has 1 aliphatic carbocycles. The van der Waals surface area contributed by atoms with Gasteiger partial charge < -0.3 is 10.6 Å². The summed E-state index contributed by atoms with van der Waals surface area (Å²) in [5, 5.41) is 9.96. The van der Waals surface area contributed by atoms with Crippen molar-refractivity contribution in [2.75, 3.05) is 19.6 Å². The third kappa shape index (κ3) is 5.88. The number of aromatic nitrogens is 1. The fourth-order valence-corrected chi connectivity index (χ4v) is 3.84. The molecular weight excluding hydrogens is 474 g/mol. The Morgan fingerprint density at radius 2 is 2.04 bits per heavy atom. The summed E-state index contributed by atoms with van der Waals surface area (Å²) in [5.41, 5.74) is 1.80. The van der Waals surface area contributed by atoms with Gasteiger partial charge in [0, 0.05) is 30.3 Å². The second-order valence-corrected chi connectivity index (χ2v) is 7.66. The van der Waals surface area contributed by atoms with E-state index in [0.29, 0.717) is 6.54 Å². The van der Waals surface area contributed by atoms with E-state index in [0.717, 1.165) is 56.0 Å². The number of hydrogen-bond donors (Lipinski definition) is 2. The molecule has 0 radical (unpaired) electrons. The van der Waals surface area contributed by atoms with Crippen LogP contribution in [0.4, 0.5) is 4.39 Å². The Morgan fingerprint density at radius 3 is 2.67 bits per heavy atom. The van der Waals surface area contributed by atoms with E-state index in [1.54, 1.807) is 23.5 Å². The number of aliphatic imine (C=N–C) groups is 1. The molecule has 0 bridgehead atoms. The van der Waals surface area contributed by atoms with Crippen LogP contribution < -0.4 is 10.6 Å². The Morgan fingerprint density at radius 1 is 1.26 bits per heavy atom. The lowest BCUT2D eigenvalue weighted by molar-refractivity contribution is 0.572. The molecule has 3 rings (SSSR count). The molecule has 27 heavy (non-hydrogen) atoms. The van der Waals surface area contributed by atoms with Gasteiger partial charge in [-0.1, -0.05) is 25.1 Å². The SMILES string of the molecule is CCNC(=NCC1(c2ccccc2F)CC1)NCCc1csc(CC)n1.I. The fourth-order valence-electron chi connectivity index (χ4n) is 3.06. The van der Waals surface area contributed by atoms with Crippen molar-refractivity contribution >= 4 is 41.3 Å². The number of rotatable bonds is 8. The molecule has 1 aromatic carbocycles. The molecule has 0 unspecified atom stereocenters. The van der Waals surface area contributed by atoms with Gasteiger partial charge in [0.2, 0.25) is 0 Å². The van der Waals surface area contributed by atoms with Gasteiger partial charge in [0.25, 0.3) is 0 Å². The topological polar surface area (TPSA) is 49.3 Å². The summed E-state index contributed by atoms with van der Waals surface area (Å²) >= 11 is 1.72. The van der Waals surface area contributed by atoms with Crippen LogP contribution in [0, 0.1) is 5.82 Å². The normalized spacial score (nSPS) is 15.1. The summed E-state index contributed by atoms with van der Waals surface area (Å²) in [5.74, 6) is 0.675. The molecule has 0 amide bonds. The van der Waals surface area contributed by atoms with Gasteiger partial charge in [0.15, 0.2) is 5.96 Å². The largest absolute Gasteiger partial charge is 0.357 e. The number of guanidine groups is 1. The Bertz CT molecular complexity index is 758. The first-order valence-corrected chi connectivity index (χ1v) is 10.3. The summed E-state index contributed by atoms with van der Waals surface area (Å²) in [6.07, 6.45) is 3.85. The van der Waals surface area contributed by atoms with Gasteiger partial charge in [-0.25, -0.2) is 9.37 Å². The monoisotopic (exact) mass is 502 g/mol. The Labute approximate surface area is 182 Å². The van der Waals surface area contributed by atoms with Crippen LogP contribution in [0.15, 0.2) is 34.6 Å². The zero-order valence-corrected chi connectivity index (χ0v) is 19.1. The molecule has 1 aliphatic rings. The number of thiazole rings is 1. The molecule has 2 aromatic rings. The van der Waals surface area contributed by atoms with E-state index in [-0.39, 0.29) is 35.2 Å². The lowest BCUT2D eigenvalue weighted by Gasteiger charge is -2.16. The van der Waals surface area contributed by atoms with E-state index in [1.807, 2.05) is 12.1 Å². The van der Waals surface area contributed by atoms with Gasteiger partial charge in [-0.05, 0) is 37.8 Å². The lowest BCUT2D eigenvalue weighted by atomic mass is 9.95. The highest BCUT2D eigenvalue weighted by Crippen LogP contribution is 2.49. The number of hydrogen-bond acceptors (Lipinski definition) is 3. The van der Waals surface area contributed by atoms with Crippen LogP contribution in [0.25, 0.3) is 0 Å². The smallest absolute Gasteiger partial charge is 0.191 e. The van der Waals surface area contributed by atoms with Crippen molar-refractivity contribution in [2.45, 2.75) is 44.9 Å². The van der Waals surface area contributed by atoms with E-state index in [2.05, 4.69) is 34.8 Å². The first-order valence-electron chi connectivity index (χ1n) is 9.37. The zero-order valence-electron chi connectivity index (χ0n) is 15.9. The van der Waals surface area contributed by atoms with Crippen molar-refractivity contribution < 1.29 is 4.39 Å². The molecule has 2 N–H and O–H groups in total. The summed E-state index contributed by atoms with van der Waals surface area (Å²) < 4.78 is 14.1. The molecular formula is C20H28FIN4S. The Balaban J connectivity index is 0.00000261. The minimum Gasteiger partial charge on any atom is -0.357 e. The van der Waals surface area contributed by atoms with Crippen LogP contribution in [-0.2, 0) is 18.3 Å². The van der Waals surface area contributed by atoms with E-state index in [1.165, 1.54) is 5.01 Å². The second kappa shape index (κ2) is 10.4. The number of halogens is 2. The van der Waals surface area contributed by atoms with Crippen molar-refractivity contribution in [3.8, 4) is 0 Å². The lowest BCUT2D eigenvalue weighted by Crippen LogP contribution is -2.39. The van der Waals surface area contributed by atoms with Crippen molar-refractivity contribution in [3.63, 3.8) is 0 Å². The first kappa shape index (κ1) is 22.1. The van der Waals surface area contributed by atoms with Gasteiger partial charge >= 0.3 is 0 Å². The maximum absolute atomic E-state index is 14.1. The summed E-state index contributed by atoms with van der Waals surface area (Å²) in [4.78, 5) is 9.32. The maximum Gasteiger partial charge on any atom is 0.191 e. The van der Waals surface area contributed by atoms with Gasteiger partial charge in [-0.3, -0.25) is 4.99 Å². The van der Waals surface area contributed by atoms with Crippen molar-refractivity contribution in [1.82, 2.24) is 15.6 Å². The molecule has 1 aromatic heterocycles. The first-order chi connectivity index (χ1) is 12.7. The number of aryl methyl sites for hydroxylation is 1. The van der Waals surface area contributed by atoms with Crippen LogP contribution in [0.2, 0.25) is 0 Å². The van der Waals surface area contributed by atoms with Crippen molar-refractivity contribution in [1.29, 1.82) is 0 Å². The fraction of sp³-hybridized carbons (Fsp3) is 0.500. The molecule has 148 valence electrons. The second-order valence-electron chi connectivity index (χ2n) is 6.72. The molecule has 1 saturated carbocycles. The highest BCUT2D eigenvalue weighted by molar-refractivity contribution is 14.0. The maximum atomic E-state index is 14.1. The van der Waals surface area contributed by atoms with Gasteiger partial charge in [0.1, 0.15) is 5.82 Å². The third-order valence-corrected chi connectivity index (χ3v) is 5.80. The predicted molar refractivity (Wildman–Crippen MR) is 122 cm³/mol. The van der Waals surface area contributed by atoms with Gasteiger partial charge in [0.05, 0.1) is 17.2 Å². The molecule has 0 saturated heterocycles. The average molecular weight is 502 g/mol. The minimum absolute atomic E-state index is 0. The third-order valence-electron chi connectivity index (χ3n) is 4.76. The molecule has 0 atom stereocenters. The van der Waals surface area contributed by atoms with E-state index in [4.69, 9.17) is 4.99 Å². The van der Waals surface area contributed by atoms with E-state index >= 15 is 0 Å². The summed E-state index contributed by atoms with van der Waals surface area (Å²) in [6.45, 7) is 6.37. The molecule has 4 nitrogen and oxygen atoms in total. The average Bonchev–Trinajstić information content (AvgIpc) is 3.29. The molecule has 0 spiro atoms. The molecule has 1 heterocycles. The predicted octanol–water partition coefficient (Wildman–Crippen LogP) is 4.29. The van der Waals surface area contributed by atoms with E-state index < -0.39 is 0 Å². The minimum atomic E-state index is -0.126. The number of nitrogens with one attached hydrogen (secondary N) is 2. The Kier molecular flexibility index (Phi) is 8.47. The van der Waals surface area contributed by atoms with Crippen LogP contribution in [0.1, 0.15) is 43.0 Å². The molecule has 7 heteroatoms. The standard InChI is InChI=1S/C20H27FN4S.HI/c1-3-18-25-15(13-26-18)9-12-23-19(22-4-2)24-14-20(10-11-20)16-7-5-6-8-17(16)21;/h5-8,13H,3-4,9-12,14H2,1-2H3,(H2,22,23,24);1H. The molecule has 1 fully saturated rings. The van der Waals surface area contributed by atoms with Gasteiger partial charge in [-0.2, -0.15) is 0 Å². The van der Waals surface area contributed by atoms with Crippen molar-refractivity contribution in [3.05, 3.63) is 51.7 Å².